The molecule has 2 rings (SSSR count). The molecule has 16 heavy (non-hydrogen) atoms. The number of aryl methyl sites for hydroxylation is 1. The highest BCUT2D eigenvalue weighted by atomic mass is 35.5. The molecule has 0 amide bonds. The molecule has 0 aliphatic carbocycles. The Morgan fingerprint density at radius 1 is 1.00 bits per heavy atom. The lowest BCUT2D eigenvalue weighted by Gasteiger charge is -2.06. The van der Waals surface area contributed by atoms with Gasteiger partial charge in [0.05, 0.1) is 5.02 Å². The molecular weight excluding hydrogens is 227 g/mol. The average Bonchev–Trinajstić information content (AvgIpc) is 2.27. The molecule has 0 fully saturated rings. The van der Waals surface area contributed by atoms with Crippen molar-refractivity contribution in [2.24, 2.45) is 0 Å². The summed E-state index contributed by atoms with van der Waals surface area (Å²) in [5, 5.41) is 0.0938. The maximum absolute atomic E-state index is 13.1. The predicted molar refractivity (Wildman–Crippen MR) is 62.7 cm³/mol. The van der Waals surface area contributed by atoms with Gasteiger partial charge >= 0.3 is 0 Å². The van der Waals surface area contributed by atoms with Gasteiger partial charge in [-0.1, -0.05) is 29.3 Å². The molecule has 0 atom stereocenters. The van der Waals surface area contributed by atoms with Gasteiger partial charge in [-0.25, -0.2) is 4.39 Å². The maximum Gasteiger partial charge on any atom is 0.145 e. The molecule has 0 saturated heterocycles. The van der Waals surface area contributed by atoms with Crippen molar-refractivity contribution >= 4 is 11.6 Å². The summed E-state index contributed by atoms with van der Waals surface area (Å²) >= 11 is 5.57. The van der Waals surface area contributed by atoms with Crippen molar-refractivity contribution < 1.29 is 9.13 Å². The zero-order valence-electron chi connectivity index (χ0n) is 8.71. The van der Waals surface area contributed by atoms with Crippen LogP contribution in [0.2, 0.25) is 5.02 Å². The van der Waals surface area contributed by atoms with Gasteiger partial charge in [-0.15, -0.1) is 0 Å². The van der Waals surface area contributed by atoms with E-state index in [9.17, 15) is 4.39 Å². The Hall–Kier alpha value is -1.54. The second kappa shape index (κ2) is 4.54. The Morgan fingerprint density at radius 2 is 1.62 bits per heavy atom. The normalized spacial score (nSPS) is 10.2. The van der Waals surface area contributed by atoms with E-state index in [1.54, 1.807) is 6.07 Å². The first-order chi connectivity index (χ1) is 7.65. The summed E-state index contributed by atoms with van der Waals surface area (Å²) in [6, 6.07) is 11.9. The molecule has 3 heteroatoms. The zero-order chi connectivity index (χ0) is 11.5. The van der Waals surface area contributed by atoms with E-state index in [0.29, 0.717) is 11.5 Å². The fourth-order valence-corrected chi connectivity index (χ4v) is 1.40. The molecule has 0 aromatic heterocycles. The highest BCUT2D eigenvalue weighted by Gasteiger charge is 2.02. The van der Waals surface area contributed by atoms with Crippen LogP contribution in [-0.4, -0.2) is 0 Å². The van der Waals surface area contributed by atoms with Crippen molar-refractivity contribution in [2.75, 3.05) is 0 Å². The van der Waals surface area contributed by atoms with Gasteiger partial charge in [0.15, 0.2) is 0 Å². The molecular formula is C13H10ClFO. The van der Waals surface area contributed by atoms with E-state index in [4.69, 9.17) is 16.3 Å². The predicted octanol–water partition coefficient (Wildman–Crippen LogP) is 4.58. The Labute approximate surface area is 98.4 Å². The van der Waals surface area contributed by atoms with Gasteiger partial charge in [0.25, 0.3) is 0 Å². The Balaban J connectivity index is 2.20. The van der Waals surface area contributed by atoms with E-state index >= 15 is 0 Å². The lowest BCUT2D eigenvalue weighted by atomic mass is 10.2. The lowest BCUT2D eigenvalue weighted by molar-refractivity contribution is 0.476. The smallest absolute Gasteiger partial charge is 0.145 e. The van der Waals surface area contributed by atoms with E-state index in [1.165, 1.54) is 12.1 Å². The third kappa shape index (κ3) is 2.52. The highest BCUT2D eigenvalue weighted by Crippen LogP contribution is 2.25. The van der Waals surface area contributed by atoms with Crippen LogP contribution in [0.3, 0.4) is 0 Å². The Morgan fingerprint density at radius 3 is 2.25 bits per heavy atom. The Bertz CT molecular complexity index is 494. The second-order valence-electron chi connectivity index (χ2n) is 3.49. The van der Waals surface area contributed by atoms with Crippen LogP contribution in [0.5, 0.6) is 11.5 Å². The van der Waals surface area contributed by atoms with Crippen LogP contribution in [0.4, 0.5) is 4.39 Å². The van der Waals surface area contributed by atoms with Crippen molar-refractivity contribution in [3.8, 4) is 11.5 Å². The number of benzene rings is 2. The molecule has 0 heterocycles. The van der Waals surface area contributed by atoms with Gasteiger partial charge in [-0.3, -0.25) is 0 Å². The zero-order valence-corrected chi connectivity index (χ0v) is 9.46. The van der Waals surface area contributed by atoms with Gasteiger partial charge in [0.1, 0.15) is 17.3 Å². The minimum absolute atomic E-state index is 0.0938. The van der Waals surface area contributed by atoms with E-state index in [0.717, 1.165) is 5.56 Å². The topological polar surface area (TPSA) is 9.23 Å². The highest BCUT2D eigenvalue weighted by molar-refractivity contribution is 6.30. The largest absolute Gasteiger partial charge is 0.457 e. The molecule has 0 bridgehead atoms. The van der Waals surface area contributed by atoms with Crippen molar-refractivity contribution in [2.45, 2.75) is 6.92 Å². The molecule has 0 saturated carbocycles. The molecule has 1 nitrogen and oxygen atoms in total. The quantitative estimate of drug-likeness (QED) is 0.742. The van der Waals surface area contributed by atoms with Crippen molar-refractivity contribution in [1.82, 2.24) is 0 Å². The first-order valence-electron chi connectivity index (χ1n) is 4.85. The number of hydrogen-bond donors (Lipinski definition) is 0. The van der Waals surface area contributed by atoms with E-state index in [2.05, 4.69) is 0 Å². The Kier molecular flexibility index (Phi) is 3.11. The van der Waals surface area contributed by atoms with Crippen molar-refractivity contribution in [3.63, 3.8) is 0 Å². The molecule has 82 valence electrons. The fourth-order valence-electron chi connectivity index (χ4n) is 1.28. The second-order valence-corrected chi connectivity index (χ2v) is 3.90. The average molecular weight is 237 g/mol. The molecule has 0 unspecified atom stereocenters. The summed E-state index contributed by atoms with van der Waals surface area (Å²) in [4.78, 5) is 0. The van der Waals surface area contributed by atoms with Gasteiger partial charge in [-0.2, -0.15) is 0 Å². The summed E-state index contributed by atoms with van der Waals surface area (Å²) in [7, 11) is 0. The van der Waals surface area contributed by atoms with Crippen LogP contribution in [0.1, 0.15) is 5.56 Å². The van der Waals surface area contributed by atoms with E-state index in [-0.39, 0.29) is 5.02 Å². The van der Waals surface area contributed by atoms with Gasteiger partial charge in [0.2, 0.25) is 0 Å². The number of hydrogen-bond acceptors (Lipinski definition) is 1. The lowest BCUT2D eigenvalue weighted by Crippen LogP contribution is -1.85. The number of halogens is 2. The fraction of sp³-hybridized carbons (Fsp3) is 0.0769. The molecule has 0 N–H and O–H groups in total. The van der Waals surface area contributed by atoms with Crippen LogP contribution in [0.15, 0.2) is 42.5 Å². The molecule has 0 aliphatic rings. The SMILES string of the molecule is Cc1ccc(Oc2ccc(Cl)c(F)c2)cc1. The number of ether oxygens (including phenoxy) is 1. The van der Waals surface area contributed by atoms with Crippen molar-refractivity contribution in [1.29, 1.82) is 0 Å². The van der Waals surface area contributed by atoms with Gasteiger partial charge in [0, 0.05) is 6.07 Å². The van der Waals surface area contributed by atoms with E-state index < -0.39 is 5.82 Å². The summed E-state index contributed by atoms with van der Waals surface area (Å²) in [5.41, 5.74) is 1.15. The third-order valence-corrected chi connectivity index (χ3v) is 2.45. The van der Waals surface area contributed by atoms with E-state index in [1.807, 2.05) is 31.2 Å². The van der Waals surface area contributed by atoms with Gasteiger partial charge in [-0.05, 0) is 31.2 Å². The molecule has 0 spiro atoms. The molecule has 2 aromatic rings. The van der Waals surface area contributed by atoms with Crippen molar-refractivity contribution in [3.05, 3.63) is 58.9 Å². The first-order valence-corrected chi connectivity index (χ1v) is 5.22. The summed E-state index contributed by atoms with van der Waals surface area (Å²) in [6.45, 7) is 1.99. The first kappa shape index (κ1) is 11.0. The minimum Gasteiger partial charge on any atom is -0.457 e. The van der Waals surface area contributed by atoms with Crippen LogP contribution in [0.25, 0.3) is 0 Å². The summed E-state index contributed by atoms with van der Waals surface area (Å²) < 4.78 is 18.6. The minimum atomic E-state index is -0.480. The maximum atomic E-state index is 13.1. The van der Waals surface area contributed by atoms with Crippen LogP contribution in [-0.2, 0) is 0 Å². The third-order valence-electron chi connectivity index (χ3n) is 2.15. The molecule has 2 aromatic carbocycles. The van der Waals surface area contributed by atoms with Crippen LogP contribution < -0.4 is 4.74 Å². The number of rotatable bonds is 2. The summed E-state index contributed by atoms with van der Waals surface area (Å²) in [5.74, 6) is 0.629. The standard InChI is InChI=1S/C13H10ClFO/c1-9-2-4-10(5-3-9)16-11-6-7-12(14)13(15)8-11/h2-8H,1H3. The summed E-state index contributed by atoms with van der Waals surface area (Å²) in [6.07, 6.45) is 0. The van der Waals surface area contributed by atoms with Crippen LogP contribution >= 0.6 is 11.6 Å². The van der Waals surface area contributed by atoms with Crippen LogP contribution in [0, 0.1) is 12.7 Å². The molecule has 0 radical (unpaired) electrons. The monoisotopic (exact) mass is 236 g/mol. The van der Waals surface area contributed by atoms with Gasteiger partial charge < -0.3 is 4.74 Å². The molecule has 0 aliphatic heterocycles.